The maximum atomic E-state index is 13.5. The zero-order valence-electron chi connectivity index (χ0n) is 15.0. The van der Waals surface area contributed by atoms with Crippen LogP contribution >= 0.6 is 0 Å². The number of aromatic nitrogens is 1. The van der Waals surface area contributed by atoms with E-state index in [4.69, 9.17) is 9.47 Å². The number of ether oxygens (including phenoxy) is 2. The van der Waals surface area contributed by atoms with Gasteiger partial charge >= 0.3 is 5.97 Å². The highest BCUT2D eigenvalue weighted by molar-refractivity contribution is 7.89. The summed E-state index contributed by atoms with van der Waals surface area (Å²) < 4.78 is 62.5. The molecule has 0 bridgehead atoms. The molecular weight excluding hydrogens is 412 g/mol. The molecule has 0 unspecified atom stereocenters. The number of nitrogens with one attached hydrogen (secondary N) is 2. The van der Waals surface area contributed by atoms with Crippen LogP contribution in [0.4, 0.5) is 14.5 Å². The molecule has 0 aliphatic carbocycles. The maximum Gasteiger partial charge on any atom is 0.355 e. The van der Waals surface area contributed by atoms with Crippen LogP contribution in [0.15, 0.2) is 35.4 Å². The average Bonchev–Trinajstić information content (AvgIpc) is 3.20. The number of anilines is 1. The van der Waals surface area contributed by atoms with E-state index in [1.165, 1.54) is 4.31 Å². The van der Waals surface area contributed by atoms with Gasteiger partial charge in [0.15, 0.2) is 6.61 Å². The van der Waals surface area contributed by atoms with Crippen molar-refractivity contribution in [3.63, 3.8) is 0 Å². The fourth-order valence-electron chi connectivity index (χ4n) is 2.56. The first kappa shape index (κ1) is 20.9. The van der Waals surface area contributed by atoms with Crippen molar-refractivity contribution in [1.82, 2.24) is 9.29 Å². The van der Waals surface area contributed by atoms with Gasteiger partial charge in [-0.2, -0.15) is 4.31 Å². The second-order valence-electron chi connectivity index (χ2n) is 6.01. The molecule has 0 saturated carbocycles. The molecule has 1 amide bonds. The van der Waals surface area contributed by atoms with E-state index in [2.05, 4.69) is 10.3 Å². The van der Waals surface area contributed by atoms with Gasteiger partial charge in [0.05, 0.1) is 18.9 Å². The summed E-state index contributed by atoms with van der Waals surface area (Å²) in [6.45, 7) is 0.214. The molecule has 156 valence electrons. The van der Waals surface area contributed by atoms with Crippen LogP contribution in [0.3, 0.4) is 0 Å². The number of H-pyrrole nitrogens is 1. The van der Waals surface area contributed by atoms with Crippen molar-refractivity contribution < 1.29 is 36.3 Å². The summed E-state index contributed by atoms with van der Waals surface area (Å²) in [4.78, 5) is 26.2. The number of halogens is 2. The molecule has 1 saturated heterocycles. The van der Waals surface area contributed by atoms with Crippen molar-refractivity contribution in [3.8, 4) is 0 Å². The second kappa shape index (κ2) is 8.68. The molecule has 0 radical (unpaired) electrons. The van der Waals surface area contributed by atoms with Crippen molar-refractivity contribution in [3.05, 3.63) is 47.8 Å². The van der Waals surface area contributed by atoms with E-state index in [0.717, 1.165) is 24.4 Å². The number of hydrogen-bond donors (Lipinski definition) is 2. The largest absolute Gasteiger partial charge is 0.451 e. The Balaban J connectivity index is 1.58. The minimum absolute atomic E-state index is 0.121. The van der Waals surface area contributed by atoms with Crippen LogP contribution in [0.2, 0.25) is 0 Å². The van der Waals surface area contributed by atoms with Gasteiger partial charge in [-0.15, -0.1) is 0 Å². The monoisotopic (exact) mass is 429 g/mol. The Bertz CT molecular complexity index is 1020. The Labute approximate surface area is 164 Å². The zero-order valence-corrected chi connectivity index (χ0v) is 15.8. The molecule has 1 aliphatic rings. The van der Waals surface area contributed by atoms with E-state index in [-0.39, 0.29) is 42.6 Å². The molecule has 3 rings (SSSR count). The van der Waals surface area contributed by atoms with Crippen molar-refractivity contribution >= 4 is 27.6 Å². The van der Waals surface area contributed by atoms with Crippen molar-refractivity contribution in [2.45, 2.75) is 4.90 Å². The number of carbonyl (C=O) groups is 2. The molecule has 12 heteroatoms. The highest BCUT2D eigenvalue weighted by Crippen LogP contribution is 2.19. The lowest BCUT2D eigenvalue weighted by Crippen LogP contribution is -2.40. The molecule has 2 heterocycles. The van der Waals surface area contributed by atoms with Gasteiger partial charge in [-0.25, -0.2) is 22.0 Å². The van der Waals surface area contributed by atoms with Gasteiger partial charge in [0.25, 0.3) is 5.91 Å². The lowest BCUT2D eigenvalue weighted by atomic mass is 10.3. The average molecular weight is 429 g/mol. The highest BCUT2D eigenvalue weighted by Gasteiger charge is 2.28. The van der Waals surface area contributed by atoms with Gasteiger partial charge in [-0.3, -0.25) is 4.79 Å². The quantitative estimate of drug-likeness (QED) is 0.665. The van der Waals surface area contributed by atoms with Gasteiger partial charge in [0, 0.05) is 25.4 Å². The molecule has 0 atom stereocenters. The number of nitrogens with zero attached hydrogens (tertiary/aromatic N) is 1. The van der Waals surface area contributed by atoms with Crippen molar-refractivity contribution in [2.24, 2.45) is 0 Å². The van der Waals surface area contributed by atoms with E-state index in [0.29, 0.717) is 6.07 Å². The summed E-state index contributed by atoms with van der Waals surface area (Å²) in [7, 11) is -3.79. The number of hydrogen-bond acceptors (Lipinski definition) is 6. The third kappa shape index (κ3) is 4.96. The first-order chi connectivity index (χ1) is 13.8. The zero-order chi connectivity index (χ0) is 21.0. The van der Waals surface area contributed by atoms with Gasteiger partial charge < -0.3 is 19.8 Å². The van der Waals surface area contributed by atoms with E-state index < -0.39 is 40.1 Å². The molecule has 1 aliphatic heterocycles. The normalized spacial score (nSPS) is 15.1. The fourth-order valence-corrected chi connectivity index (χ4v) is 3.97. The predicted molar refractivity (Wildman–Crippen MR) is 95.6 cm³/mol. The van der Waals surface area contributed by atoms with E-state index in [1.54, 1.807) is 0 Å². The Morgan fingerprint density at radius 3 is 2.62 bits per heavy atom. The fraction of sp³-hybridized carbons (Fsp3) is 0.294. The first-order valence-corrected chi connectivity index (χ1v) is 9.90. The number of esters is 1. The smallest absolute Gasteiger partial charge is 0.355 e. The predicted octanol–water partition coefficient (Wildman–Crippen LogP) is 1.11. The molecular formula is C17H17F2N3O6S. The van der Waals surface area contributed by atoms with Crippen LogP contribution in [0.5, 0.6) is 0 Å². The third-order valence-corrected chi connectivity index (χ3v) is 5.90. The summed E-state index contributed by atoms with van der Waals surface area (Å²) in [5, 5.41) is 2.13. The lowest BCUT2D eigenvalue weighted by molar-refractivity contribution is -0.119. The molecule has 9 nitrogen and oxygen atoms in total. The standard InChI is InChI=1S/C17H17F2N3O6S/c18-11-1-2-14(13(19)7-11)21-16(23)10-28-17(24)15-8-12(9-20-15)29(25,26)22-3-5-27-6-4-22/h1-2,7-9,20H,3-6,10H2,(H,21,23). The topological polar surface area (TPSA) is 118 Å². The van der Waals surface area contributed by atoms with Gasteiger partial charge in [0.1, 0.15) is 22.2 Å². The summed E-state index contributed by atoms with van der Waals surface area (Å²) in [5.74, 6) is -3.60. The SMILES string of the molecule is O=C(COC(=O)c1cc(S(=O)(=O)N2CCOCC2)c[nH]1)Nc1ccc(F)cc1F. The Morgan fingerprint density at radius 1 is 1.21 bits per heavy atom. The van der Waals surface area contributed by atoms with E-state index in [9.17, 15) is 26.8 Å². The van der Waals surface area contributed by atoms with Gasteiger partial charge in [0.2, 0.25) is 10.0 Å². The van der Waals surface area contributed by atoms with Crippen molar-refractivity contribution in [2.75, 3.05) is 38.2 Å². The number of benzene rings is 1. The maximum absolute atomic E-state index is 13.5. The number of aromatic amines is 1. The van der Waals surface area contributed by atoms with Gasteiger partial charge in [-0.05, 0) is 18.2 Å². The van der Waals surface area contributed by atoms with Crippen LogP contribution in [0, 0.1) is 11.6 Å². The minimum atomic E-state index is -3.79. The first-order valence-electron chi connectivity index (χ1n) is 8.46. The lowest BCUT2D eigenvalue weighted by Gasteiger charge is -2.25. The van der Waals surface area contributed by atoms with E-state index in [1.807, 2.05) is 0 Å². The molecule has 1 aromatic carbocycles. The Morgan fingerprint density at radius 2 is 1.93 bits per heavy atom. The Kier molecular flexibility index (Phi) is 6.25. The van der Waals surface area contributed by atoms with Gasteiger partial charge in [-0.1, -0.05) is 0 Å². The van der Waals surface area contributed by atoms with Crippen LogP contribution in [0.25, 0.3) is 0 Å². The minimum Gasteiger partial charge on any atom is -0.451 e. The summed E-state index contributed by atoms with van der Waals surface area (Å²) in [5.41, 5.74) is -0.441. The number of rotatable bonds is 6. The molecule has 2 aromatic rings. The summed E-state index contributed by atoms with van der Waals surface area (Å²) in [6, 6.07) is 3.68. The molecule has 29 heavy (non-hydrogen) atoms. The van der Waals surface area contributed by atoms with Crippen LogP contribution in [-0.2, 0) is 24.3 Å². The van der Waals surface area contributed by atoms with Crippen molar-refractivity contribution in [1.29, 1.82) is 0 Å². The number of amides is 1. The van der Waals surface area contributed by atoms with Crippen LogP contribution in [0.1, 0.15) is 10.5 Å². The molecule has 1 fully saturated rings. The number of morpholine rings is 1. The third-order valence-electron chi connectivity index (χ3n) is 4.02. The van der Waals surface area contributed by atoms with Crippen LogP contribution in [-0.4, -0.2) is 62.5 Å². The molecule has 1 aromatic heterocycles. The molecule has 2 N–H and O–H groups in total. The second-order valence-corrected chi connectivity index (χ2v) is 7.95. The van der Waals surface area contributed by atoms with E-state index >= 15 is 0 Å². The Hall–Kier alpha value is -2.83. The number of sulfonamides is 1. The molecule has 0 spiro atoms. The summed E-state index contributed by atoms with van der Waals surface area (Å²) >= 11 is 0. The number of carbonyl (C=O) groups excluding carboxylic acids is 2. The summed E-state index contributed by atoms with van der Waals surface area (Å²) in [6.07, 6.45) is 1.15. The highest BCUT2D eigenvalue weighted by atomic mass is 32.2. The van der Waals surface area contributed by atoms with Crippen LogP contribution < -0.4 is 5.32 Å².